The molecule has 24 heavy (non-hydrogen) atoms. The number of hydrogen-bond donors (Lipinski definition) is 2. The number of hydrogen-bond acceptors (Lipinski definition) is 3. The maximum Gasteiger partial charge on any atom is 0.228 e. The Kier molecular flexibility index (Phi) is 4.49. The number of amides is 1. The van der Waals surface area contributed by atoms with Crippen LogP contribution in [0.2, 0.25) is 0 Å². The van der Waals surface area contributed by atoms with Crippen molar-refractivity contribution in [3.05, 3.63) is 59.2 Å². The van der Waals surface area contributed by atoms with E-state index in [2.05, 4.69) is 5.32 Å². The van der Waals surface area contributed by atoms with E-state index in [-0.39, 0.29) is 29.9 Å². The second kappa shape index (κ2) is 6.57. The number of carbonyl (C=O) groups excluding carboxylic acids is 1. The average Bonchev–Trinajstić information content (AvgIpc) is 3.37. The molecule has 6 heteroatoms. The first-order valence-corrected chi connectivity index (χ1v) is 7.57. The van der Waals surface area contributed by atoms with Crippen molar-refractivity contribution < 1.29 is 23.4 Å². The van der Waals surface area contributed by atoms with E-state index in [0.29, 0.717) is 23.4 Å². The summed E-state index contributed by atoms with van der Waals surface area (Å²) in [5, 5.41) is 12.0. The third-order valence-corrected chi connectivity index (χ3v) is 4.20. The lowest BCUT2D eigenvalue weighted by molar-refractivity contribution is -0.117. The minimum atomic E-state index is -0.514. The Balaban J connectivity index is 1.70. The molecule has 2 aromatic rings. The van der Waals surface area contributed by atoms with Crippen molar-refractivity contribution in [3.63, 3.8) is 0 Å². The van der Waals surface area contributed by atoms with Crippen molar-refractivity contribution in [2.24, 2.45) is 5.92 Å². The van der Waals surface area contributed by atoms with Crippen LogP contribution in [0, 0.1) is 17.6 Å². The molecule has 2 atom stereocenters. The molecule has 0 radical (unpaired) electrons. The number of benzene rings is 2. The maximum atomic E-state index is 13.8. The van der Waals surface area contributed by atoms with Crippen LogP contribution in [0.5, 0.6) is 5.75 Å². The van der Waals surface area contributed by atoms with Gasteiger partial charge in [-0.25, -0.2) is 8.78 Å². The number of nitrogens with one attached hydrogen (secondary N) is 1. The van der Waals surface area contributed by atoms with Crippen molar-refractivity contribution in [1.82, 2.24) is 0 Å². The van der Waals surface area contributed by atoms with Crippen LogP contribution < -0.4 is 10.1 Å². The lowest BCUT2D eigenvalue weighted by Gasteiger charge is -2.10. The van der Waals surface area contributed by atoms with E-state index in [1.54, 1.807) is 18.2 Å². The van der Waals surface area contributed by atoms with Gasteiger partial charge >= 0.3 is 0 Å². The molecular formula is C18H17F2NO3. The predicted octanol–water partition coefficient (Wildman–Crippen LogP) is 3.21. The summed E-state index contributed by atoms with van der Waals surface area (Å²) in [6.45, 7) is -0.215. The Morgan fingerprint density at radius 2 is 2.08 bits per heavy atom. The molecule has 0 aromatic heterocycles. The van der Waals surface area contributed by atoms with E-state index >= 15 is 0 Å². The molecule has 1 fully saturated rings. The van der Waals surface area contributed by atoms with Gasteiger partial charge in [-0.05, 0) is 54.3 Å². The van der Waals surface area contributed by atoms with E-state index in [0.717, 1.165) is 18.2 Å². The highest BCUT2D eigenvalue weighted by Gasteiger charge is 2.45. The standard InChI is InChI=1S/C18H17F2NO3/c1-24-17-5-3-12(6-10(17)9-22)21-18(23)15-8-13(15)14-7-11(19)2-4-16(14)20/h2-7,13,15,22H,8-9H2,1H3,(H,21,23). The molecule has 0 heterocycles. The molecule has 1 amide bonds. The van der Waals surface area contributed by atoms with Crippen LogP contribution in [0.25, 0.3) is 0 Å². The highest BCUT2D eigenvalue weighted by molar-refractivity contribution is 5.95. The number of halogens is 2. The third kappa shape index (κ3) is 3.23. The van der Waals surface area contributed by atoms with Gasteiger partial charge in [0.1, 0.15) is 17.4 Å². The summed E-state index contributed by atoms with van der Waals surface area (Å²) in [7, 11) is 1.50. The van der Waals surface area contributed by atoms with Crippen LogP contribution in [-0.4, -0.2) is 18.1 Å². The topological polar surface area (TPSA) is 58.6 Å². The molecule has 4 nitrogen and oxygen atoms in total. The van der Waals surface area contributed by atoms with E-state index in [1.807, 2.05) is 0 Å². The molecule has 1 saturated carbocycles. The van der Waals surface area contributed by atoms with Crippen LogP contribution in [0.15, 0.2) is 36.4 Å². The Bertz CT molecular complexity index is 779. The molecule has 3 rings (SSSR count). The summed E-state index contributed by atoms with van der Waals surface area (Å²) >= 11 is 0. The van der Waals surface area contributed by atoms with Gasteiger partial charge in [0.05, 0.1) is 13.7 Å². The first-order valence-electron chi connectivity index (χ1n) is 7.57. The number of rotatable bonds is 5. The van der Waals surface area contributed by atoms with E-state index in [1.165, 1.54) is 7.11 Å². The average molecular weight is 333 g/mol. The molecule has 0 saturated heterocycles. The van der Waals surface area contributed by atoms with Crippen LogP contribution >= 0.6 is 0 Å². The Labute approximate surface area is 138 Å². The van der Waals surface area contributed by atoms with Crippen molar-refractivity contribution >= 4 is 11.6 Å². The highest BCUT2D eigenvalue weighted by atomic mass is 19.1. The smallest absolute Gasteiger partial charge is 0.228 e. The summed E-state index contributed by atoms with van der Waals surface area (Å²) < 4.78 is 32.1. The zero-order valence-electron chi connectivity index (χ0n) is 13.1. The minimum Gasteiger partial charge on any atom is -0.496 e. The summed E-state index contributed by atoms with van der Waals surface area (Å²) in [6.07, 6.45) is 0.481. The zero-order valence-corrected chi connectivity index (χ0v) is 13.1. The van der Waals surface area contributed by atoms with Crippen molar-refractivity contribution in [1.29, 1.82) is 0 Å². The molecule has 2 N–H and O–H groups in total. The lowest BCUT2D eigenvalue weighted by Crippen LogP contribution is -2.15. The number of aliphatic hydroxyl groups excluding tert-OH is 1. The van der Waals surface area contributed by atoms with Crippen molar-refractivity contribution in [2.75, 3.05) is 12.4 Å². The van der Waals surface area contributed by atoms with Gasteiger partial charge in [0.2, 0.25) is 5.91 Å². The van der Waals surface area contributed by atoms with Crippen LogP contribution in [0.3, 0.4) is 0 Å². The second-order valence-corrected chi connectivity index (χ2v) is 5.79. The van der Waals surface area contributed by atoms with Crippen LogP contribution in [0.1, 0.15) is 23.5 Å². The molecular weight excluding hydrogens is 316 g/mol. The Morgan fingerprint density at radius 3 is 2.79 bits per heavy atom. The van der Waals surface area contributed by atoms with Crippen molar-refractivity contribution in [2.45, 2.75) is 18.9 Å². The quantitative estimate of drug-likeness (QED) is 0.883. The first-order chi connectivity index (χ1) is 11.5. The number of anilines is 1. The number of carbonyl (C=O) groups is 1. The van der Waals surface area contributed by atoms with Crippen LogP contribution in [0.4, 0.5) is 14.5 Å². The summed E-state index contributed by atoms with van der Waals surface area (Å²) in [5.74, 6) is -1.43. The molecule has 0 aliphatic heterocycles. The normalized spacial score (nSPS) is 19.0. The molecule has 2 aromatic carbocycles. The molecule has 1 aliphatic rings. The SMILES string of the molecule is COc1ccc(NC(=O)C2CC2c2cc(F)ccc2F)cc1CO. The number of ether oxygens (including phenoxy) is 1. The predicted molar refractivity (Wildman–Crippen MR) is 84.8 cm³/mol. The van der Waals surface area contributed by atoms with Crippen LogP contribution in [-0.2, 0) is 11.4 Å². The molecule has 1 aliphatic carbocycles. The third-order valence-electron chi connectivity index (χ3n) is 4.20. The molecule has 0 spiro atoms. The summed E-state index contributed by atoms with van der Waals surface area (Å²) in [6, 6.07) is 8.22. The monoisotopic (exact) mass is 333 g/mol. The number of methoxy groups -OCH3 is 1. The maximum absolute atomic E-state index is 13.8. The minimum absolute atomic E-state index is 0.215. The van der Waals surface area contributed by atoms with Gasteiger partial charge in [0.25, 0.3) is 0 Å². The lowest BCUT2D eigenvalue weighted by atomic mass is 10.1. The van der Waals surface area contributed by atoms with Gasteiger partial charge in [-0.15, -0.1) is 0 Å². The van der Waals surface area contributed by atoms with E-state index in [9.17, 15) is 18.7 Å². The highest BCUT2D eigenvalue weighted by Crippen LogP contribution is 2.49. The van der Waals surface area contributed by atoms with E-state index < -0.39 is 11.6 Å². The van der Waals surface area contributed by atoms with Crippen molar-refractivity contribution in [3.8, 4) is 5.75 Å². The van der Waals surface area contributed by atoms with Gasteiger partial charge in [-0.3, -0.25) is 4.79 Å². The Morgan fingerprint density at radius 1 is 1.29 bits per heavy atom. The number of aliphatic hydroxyl groups is 1. The Hall–Kier alpha value is -2.47. The summed E-state index contributed by atoms with van der Waals surface area (Å²) in [4.78, 5) is 12.3. The van der Waals surface area contributed by atoms with Gasteiger partial charge in [-0.1, -0.05) is 0 Å². The largest absolute Gasteiger partial charge is 0.496 e. The first kappa shape index (κ1) is 16.4. The van der Waals surface area contributed by atoms with Gasteiger partial charge in [0, 0.05) is 17.2 Å². The fourth-order valence-corrected chi connectivity index (χ4v) is 2.84. The van der Waals surface area contributed by atoms with Gasteiger partial charge in [0.15, 0.2) is 0 Å². The zero-order chi connectivity index (χ0) is 17.3. The fraction of sp³-hybridized carbons (Fsp3) is 0.278. The van der Waals surface area contributed by atoms with E-state index in [4.69, 9.17) is 4.74 Å². The van der Waals surface area contributed by atoms with Gasteiger partial charge in [-0.2, -0.15) is 0 Å². The molecule has 126 valence electrons. The molecule has 0 bridgehead atoms. The summed E-state index contributed by atoms with van der Waals surface area (Å²) in [5.41, 5.74) is 1.31. The molecule has 2 unspecified atom stereocenters. The fourth-order valence-electron chi connectivity index (χ4n) is 2.84. The second-order valence-electron chi connectivity index (χ2n) is 5.79. The van der Waals surface area contributed by atoms with Gasteiger partial charge < -0.3 is 15.2 Å².